The number of hydrogen-bond acceptors (Lipinski definition) is 3. The molecule has 3 atom stereocenters. The Balaban J connectivity index is 1.78. The third-order valence-corrected chi connectivity index (χ3v) is 7.35. The van der Waals surface area contributed by atoms with E-state index in [9.17, 15) is 5.26 Å². The molecule has 4 aromatic carbocycles. The van der Waals surface area contributed by atoms with E-state index in [-0.39, 0.29) is 12.1 Å². The van der Waals surface area contributed by atoms with Crippen LogP contribution in [-0.4, -0.2) is 29.9 Å². The Morgan fingerprint density at radius 1 is 0.771 bits per heavy atom. The Bertz CT molecular complexity index is 1290. The number of nitriles is 1. The minimum absolute atomic E-state index is 0.117. The van der Waals surface area contributed by atoms with Gasteiger partial charge < -0.3 is 0 Å². The van der Waals surface area contributed by atoms with Gasteiger partial charge in [-0.25, -0.2) is 0 Å². The first-order valence-electron chi connectivity index (χ1n) is 11.9. The molecule has 0 bridgehead atoms. The molecule has 1 aliphatic rings. The molecule has 0 spiro atoms. The topological polar surface area (TPSA) is 30.3 Å². The highest BCUT2D eigenvalue weighted by Crippen LogP contribution is 2.50. The standard InChI is InChI=1S/C31H28ClN3/c1-34-21-22-35(29(24-11-5-2-6-12-24)25-17-19-28(32)20-18-25)31(23-33,27-15-9-4-10-16-27)30(34)26-13-7-3-8-14-26/h2-20,29-30H,21-22H2,1H3. The van der Waals surface area contributed by atoms with Gasteiger partial charge in [-0.3, -0.25) is 9.80 Å². The van der Waals surface area contributed by atoms with Crippen LogP contribution in [0.3, 0.4) is 0 Å². The molecule has 1 fully saturated rings. The summed E-state index contributed by atoms with van der Waals surface area (Å²) in [5.41, 5.74) is 3.48. The summed E-state index contributed by atoms with van der Waals surface area (Å²) >= 11 is 6.28. The molecule has 5 rings (SSSR count). The number of likely N-dealkylation sites (N-methyl/N-ethyl adjacent to an activating group) is 1. The van der Waals surface area contributed by atoms with E-state index in [2.05, 4.69) is 95.7 Å². The van der Waals surface area contributed by atoms with Crippen LogP contribution in [0.15, 0.2) is 115 Å². The van der Waals surface area contributed by atoms with Crippen molar-refractivity contribution < 1.29 is 0 Å². The molecule has 3 unspecified atom stereocenters. The lowest BCUT2D eigenvalue weighted by Crippen LogP contribution is -2.61. The zero-order valence-corrected chi connectivity index (χ0v) is 20.5. The van der Waals surface area contributed by atoms with E-state index in [0.29, 0.717) is 5.02 Å². The first-order chi connectivity index (χ1) is 17.1. The van der Waals surface area contributed by atoms with Crippen molar-refractivity contribution >= 4 is 11.6 Å². The van der Waals surface area contributed by atoms with Gasteiger partial charge in [-0.15, -0.1) is 0 Å². The van der Waals surface area contributed by atoms with E-state index in [0.717, 1.165) is 35.3 Å². The van der Waals surface area contributed by atoms with Gasteiger partial charge in [0.1, 0.15) is 0 Å². The maximum absolute atomic E-state index is 11.2. The van der Waals surface area contributed by atoms with Crippen LogP contribution in [0.5, 0.6) is 0 Å². The maximum atomic E-state index is 11.2. The van der Waals surface area contributed by atoms with Crippen LogP contribution in [0.4, 0.5) is 0 Å². The Labute approximate surface area is 212 Å². The van der Waals surface area contributed by atoms with Crippen LogP contribution in [0, 0.1) is 11.3 Å². The molecular weight excluding hydrogens is 450 g/mol. The Kier molecular flexibility index (Phi) is 6.70. The number of piperazine rings is 1. The zero-order chi connectivity index (χ0) is 24.3. The second-order valence-electron chi connectivity index (χ2n) is 9.10. The van der Waals surface area contributed by atoms with Crippen molar-refractivity contribution in [3.05, 3.63) is 143 Å². The normalized spacial score (nSPS) is 21.8. The predicted octanol–water partition coefficient (Wildman–Crippen LogP) is 6.84. The van der Waals surface area contributed by atoms with Gasteiger partial charge in [-0.05, 0) is 41.4 Å². The van der Waals surface area contributed by atoms with E-state index < -0.39 is 5.54 Å². The summed E-state index contributed by atoms with van der Waals surface area (Å²) in [5, 5.41) is 11.9. The molecule has 0 radical (unpaired) electrons. The van der Waals surface area contributed by atoms with E-state index in [1.54, 1.807) is 0 Å². The summed E-state index contributed by atoms with van der Waals surface area (Å²) in [6, 6.07) is 41.8. The van der Waals surface area contributed by atoms with Crippen molar-refractivity contribution in [2.75, 3.05) is 20.1 Å². The highest BCUT2D eigenvalue weighted by atomic mass is 35.5. The maximum Gasteiger partial charge on any atom is 0.155 e. The summed E-state index contributed by atoms with van der Waals surface area (Å²) in [7, 11) is 2.13. The largest absolute Gasteiger partial charge is 0.295 e. The third kappa shape index (κ3) is 4.26. The molecule has 4 aromatic rings. The van der Waals surface area contributed by atoms with Crippen LogP contribution in [0.1, 0.15) is 34.3 Å². The fourth-order valence-electron chi connectivity index (χ4n) is 5.55. The fraction of sp³-hybridized carbons (Fsp3) is 0.194. The van der Waals surface area contributed by atoms with Crippen molar-refractivity contribution in [1.82, 2.24) is 9.80 Å². The molecule has 0 N–H and O–H groups in total. The van der Waals surface area contributed by atoms with E-state index in [4.69, 9.17) is 11.6 Å². The Morgan fingerprint density at radius 2 is 1.31 bits per heavy atom. The summed E-state index contributed by atoms with van der Waals surface area (Å²) in [4.78, 5) is 4.73. The molecule has 35 heavy (non-hydrogen) atoms. The van der Waals surface area contributed by atoms with E-state index in [1.165, 1.54) is 0 Å². The molecule has 0 aliphatic carbocycles. The highest BCUT2D eigenvalue weighted by Gasteiger charge is 2.53. The average Bonchev–Trinajstić information content (AvgIpc) is 2.92. The lowest BCUT2D eigenvalue weighted by molar-refractivity contribution is -0.0330. The van der Waals surface area contributed by atoms with Crippen LogP contribution in [0.2, 0.25) is 5.02 Å². The summed E-state index contributed by atoms with van der Waals surface area (Å²) in [5.74, 6) is 0. The molecule has 1 saturated heterocycles. The molecule has 3 nitrogen and oxygen atoms in total. The average molecular weight is 478 g/mol. The van der Waals surface area contributed by atoms with Gasteiger partial charge in [0.05, 0.1) is 18.2 Å². The number of halogens is 1. The van der Waals surface area contributed by atoms with Crippen molar-refractivity contribution in [1.29, 1.82) is 5.26 Å². The monoisotopic (exact) mass is 477 g/mol. The molecule has 1 aliphatic heterocycles. The summed E-state index contributed by atoms with van der Waals surface area (Å²) in [6.07, 6.45) is 0. The molecule has 1 heterocycles. The third-order valence-electron chi connectivity index (χ3n) is 7.10. The summed E-state index contributed by atoms with van der Waals surface area (Å²) < 4.78 is 0. The second-order valence-corrected chi connectivity index (χ2v) is 9.53. The molecule has 4 heteroatoms. The van der Waals surface area contributed by atoms with E-state index >= 15 is 0 Å². The molecule has 0 amide bonds. The second kappa shape index (κ2) is 10.1. The van der Waals surface area contributed by atoms with Gasteiger partial charge in [0, 0.05) is 18.1 Å². The van der Waals surface area contributed by atoms with Crippen molar-refractivity contribution in [2.45, 2.75) is 17.6 Å². The van der Waals surface area contributed by atoms with Crippen LogP contribution in [-0.2, 0) is 5.54 Å². The van der Waals surface area contributed by atoms with Crippen LogP contribution in [0.25, 0.3) is 0 Å². The van der Waals surface area contributed by atoms with Crippen LogP contribution >= 0.6 is 11.6 Å². The number of nitrogens with zero attached hydrogens (tertiary/aromatic N) is 3. The molecular formula is C31H28ClN3. The lowest BCUT2D eigenvalue weighted by Gasteiger charge is -2.54. The van der Waals surface area contributed by atoms with Crippen LogP contribution < -0.4 is 0 Å². The number of hydrogen-bond donors (Lipinski definition) is 0. The highest BCUT2D eigenvalue weighted by molar-refractivity contribution is 6.30. The molecule has 174 valence electrons. The van der Waals surface area contributed by atoms with Gasteiger partial charge in [0.2, 0.25) is 0 Å². The van der Waals surface area contributed by atoms with Gasteiger partial charge in [0.25, 0.3) is 0 Å². The van der Waals surface area contributed by atoms with Crippen molar-refractivity contribution in [3.8, 4) is 6.07 Å². The van der Waals surface area contributed by atoms with Gasteiger partial charge >= 0.3 is 0 Å². The minimum Gasteiger partial charge on any atom is -0.295 e. The van der Waals surface area contributed by atoms with Gasteiger partial charge in [-0.2, -0.15) is 5.26 Å². The van der Waals surface area contributed by atoms with Gasteiger partial charge in [-0.1, -0.05) is 115 Å². The minimum atomic E-state index is -0.921. The first-order valence-corrected chi connectivity index (χ1v) is 12.3. The zero-order valence-electron chi connectivity index (χ0n) is 19.8. The van der Waals surface area contributed by atoms with Crippen molar-refractivity contribution in [2.24, 2.45) is 0 Å². The summed E-state index contributed by atoms with van der Waals surface area (Å²) in [6.45, 7) is 1.58. The lowest BCUT2D eigenvalue weighted by atomic mass is 9.74. The van der Waals surface area contributed by atoms with Crippen molar-refractivity contribution in [3.63, 3.8) is 0 Å². The number of rotatable bonds is 5. The molecule has 0 saturated carbocycles. The first kappa shape index (κ1) is 23.3. The molecule has 0 aromatic heterocycles. The fourth-order valence-corrected chi connectivity index (χ4v) is 5.68. The predicted molar refractivity (Wildman–Crippen MR) is 142 cm³/mol. The van der Waals surface area contributed by atoms with E-state index in [1.807, 2.05) is 42.5 Å². The van der Waals surface area contributed by atoms with Gasteiger partial charge in [0.15, 0.2) is 5.54 Å². The Hall–Kier alpha value is -3.42. The quantitative estimate of drug-likeness (QED) is 0.315. The SMILES string of the molecule is CN1CCN(C(c2ccccc2)c2ccc(Cl)cc2)C(C#N)(c2ccccc2)C1c1ccccc1. The smallest absolute Gasteiger partial charge is 0.155 e. The number of benzene rings is 4. The Morgan fingerprint density at radius 3 is 1.91 bits per heavy atom.